The number of hydrogen-bond acceptors (Lipinski definition) is 3. The number of rotatable bonds is 2. The molecule has 0 fully saturated rings. The normalized spacial score (nSPS) is 13.6. The summed E-state index contributed by atoms with van der Waals surface area (Å²) in [4.78, 5) is 0.949. The van der Waals surface area contributed by atoms with Gasteiger partial charge in [0.2, 0.25) is 0 Å². The largest absolute Gasteiger partial charge is 0.373 e. The van der Waals surface area contributed by atoms with E-state index in [0.29, 0.717) is 0 Å². The summed E-state index contributed by atoms with van der Waals surface area (Å²) in [6.07, 6.45) is -0.509. The molecule has 0 spiro atoms. The van der Waals surface area contributed by atoms with Gasteiger partial charge in [0.15, 0.2) is 0 Å². The fourth-order valence-corrected chi connectivity index (χ4v) is 1.71. The quantitative estimate of drug-likeness (QED) is 0.478. The Labute approximate surface area is 71.4 Å². The second-order valence-electron chi connectivity index (χ2n) is 1.53. The van der Waals surface area contributed by atoms with Crippen LogP contribution in [0.1, 0.15) is 11.1 Å². The van der Waals surface area contributed by atoms with Crippen LogP contribution in [0.15, 0.2) is 17.5 Å². The number of thiophene rings is 1. The molecule has 4 heteroatoms. The first-order valence-corrected chi connectivity index (χ1v) is 4.38. The van der Waals surface area contributed by atoms with Crippen LogP contribution in [0.5, 0.6) is 0 Å². The molecule has 2 nitrogen and oxygen atoms in total. The molecule has 1 rings (SSSR count). The second-order valence-corrected chi connectivity index (χ2v) is 3.13. The molecule has 9 heavy (non-hydrogen) atoms. The lowest BCUT2D eigenvalue weighted by atomic mass is 10.4. The van der Waals surface area contributed by atoms with Gasteiger partial charge in [0.25, 0.3) is 0 Å². The number of nitrogens with one attached hydrogen (secondary N) is 1. The molecule has 1 aromatic rings. The maximum absolute atomic E-state index is 9.11. The molecule has 1 heterocycles. The van der Waals surface area contributed by atoms with Gasteiger partial charge < -0.3 is 5.11 Å². The van der Waals surface area contributed by atoms with Gasteiger partial charge in [-0.05, 0) is 11.4 Å². The van der Waals surface area contributed by atoms with Crippen molar-refractivity contribution in [3.63, 3.8) is 0 Å². The first-order chi connectivity index (χ1) is 4.34. The van der Waals surface area contributed by atoms with Crippen LogP contribution in [0.3, 0.4) is 0 Å². The third-order valence-electron chi connectivity index (χ3n) is 0.916. The third kappa shape index (κ3) is 1.89. The summed E-state index contributed by atoms with van der Waals surface area (Å²) in [5.74, 6) is 0. The van der Waals surface area contributed by atoms with Crippen molar-refractivity contribution in [2.75, 3.05) is 0 Å². The van der Waals surface area contributed by atoms with Crippen LogP contribution in [-0.2, 0) is 0 Å². The molecule has 0 aliphatic heterocycles. The van der Waals surface area contributed by atoms with Gasteiger partial charge in [-0.25, -0.2) is 3.53 Å². The van der Waals surface area contributed by atoms with Crippen LogP contribution < -0.4 is 3.53 Å². The van der Waals surface area contributed by atoms with Crippen molar-refractivity contribution in [1.82, 2.24) is 3.53 Å². The molecule has 0 radical (unpaired) electrons. The summed E-state index contributed by atoms with van der Waals surface area (Å²) >= 11 is 3.46. The van der Waals surface area contributed by atoms with E-state index in [1.807, 2.05) is 40.4 Å². The van der Waals surface area contributed by atoms with E-state index < -0.39 is 6.23 Å². The first-order valence-electron chi connectivity index (χ1n) is 2.42. The highest BCUT2D eigenvalue weighted by molar-refractivity contribution is 14.1. The lowest BCUT2D eigenvalue weighted by molar-refractivity contribution is 0.179. The molecule has 1 atom stereocenters. The van der Waals surface area contributed by atoms with Crippen molar-refractivity contribution < 1.29 is 5.11 Å². The molecule has 0 saturated carbocycles. The lowest BCUT2D eigenvalue weighted by Crippen LogP contribution is -2.06. The van der Waals surface area contributed by atoms with Crippen molar-refractivity contribution >= 4 is 34.2 Å². The molecule has 0 bridgehead atoms. The Morgan fingerprint density at radius 3 is 3.00 bits per heavy atom. The molecular weight excluding hydrogens is 249 g/mol. The van der Waals surface area contributed by atoms with E-state index in [4.69, 9.17) is 5.11 Å². The van der Waals surface area contributed by atoms with Crippen molar-refractivity contribution in [3.05, 3.63) is 22.4 Å². The SMILES string of the molecule is OC(NI)c1cccs1. The highest BCUT2D eigenvalue weighted by atomic mass is 127. The van der Waals surface area contributed by atoms with E-state index in [1.165, 1.54) is 11.3 Å². The Kier molecular flexibility index (Phi) is 2.90. The summed E-state index contributed by atoms with van der Waals surface area (Å²) in [6.45, 7) is 0. The minimum Gasteiger partial charge on any atom is -0.373 e. The van der Waals surface area contributed by atoms with E-state index in [0.717, 1.165) is 4.88 Å². The predicted molar refractivity (Wildman–Crippen MR) is 46.4 cm³/mol. The fourth-order valence-electron chi connectivity index (χ4n) is 0.501. The van der Waals surface area contributed by atoms with E-state index in [2.05, 4.69) is 3.53 Å². The van der Waals surface area contributed by atoms with Crippen LogP contribution in [0.2, 0.25) is 0 Å². The van der Waals surface area contributed by atoms with E-state index >= 15 is 0 Å². The Morgan fingerprint density at radius 2 is 2.56 bits per heavy atom. The Morgan fingerprint density at radius 1 is 1.78 bits per heavy atom. The smallest absolute Gasteiger partial charge is 0.148 e. The van der Waals surface area contributed by atoms with E-state index in [-0.39, 0.29) is 0 Å². The highest BCUT2D eigenvalue weighted by Gasteiger charge is 2.03. The van der Waals surface area contributed by atoms with E-state index in [9.17, 15) is 0 Å². The van der Waals surface area contributed by atoms with Crippen LogP contribution in [0.25, 0.3) is 0 Å². The van der Waals surface area contributed by atoms with Gasteiger partial charge in [0, 0.05) is 27.7 Å². The average Bonchev–Trinajstić information content (AvgIpc) is 2.37. The zero-order chi connectivity index (χ0) is 6.69. The summed E-state index contributed by atoms with van der Waals surface area (Å²) in [7, 11) is 0. The minimum absolute atomic E-state index is 0.509. The van der Waals surface area contributed by atoms with Gasteiger partial charge in [0.1, 0.15) is 6.23 Å². The Bertz CT molecular complexity index is 165. The Hall–Kier alpha value is 0.350. The zero-order valence-electron chi connectivity index (χ0n) is 4.54. The summed E-state index contributed by atoms with van der Waals surface area (Å²) in [5, 5.41) is 11.0. The topological polar surface area (TPSA) is 32.3 Å². The molecule has 2 N–H and O–H groups in total. The van der Waals surface area contributed by atoms with Crippen LogP contribution >= 0.6 is 34.2 Å². The molecule has 0 amide bonds. The molecular formula is C5H6INOS. The lowest BCUT2D eigenvalue weighted by Gasteiger charge is -2.02. The number of aliphatic hydroxyl groups is 1. The van der Waals surface area contributed by atoms with Crippen LogP contribution in [0, 0.1) is 0 Å². The fraction of sp³-hybridized carbons (Fsp3) is 0.200. The van der Waals surface area contributed by atoms with Crippen LogP contribution in [0.4, 0.5) is 0 Å². The first kappa shape index (κ1) is 7.46. The highest BCUT2D eigenvalue weighted by Crippen LogP contribution is 2.16. The maximum atomic E-state index is 9.11. The summed E-state index contributed by atoms with van der Waals surface area (Å²) in [6, 6.07) is 3.80. The second kappa shape index (κ2) is 3.50. The third-order valence-corrected chi connectivity index (χ3v) is 2.43. The molecule has 0 aliphatic rings. The molecule has 0 aromatic carbocycles. The van der Waals surface area contributed by atoms with Crippen molar-refractivity contribution in [1.29, 1.82) is 0 Å². The van der Waals surface area contributed by atoms with Gasteiger partial charge in [-0.2, -0.15) is 0 Å². The predicted octanol–water partition coefficient (Wildman–Crippen LogP) is 1.68. The van der Waals surface area contributed by atoms with Crippen LogP contribution in [-0.4, -0.2) is 5.11 Å². The maximum Gasteiger partial charge on any atom is 0.148 e. The molecule has 1 aromatic heterocycles. The van der Waals surface area contributed by atoms with Crippen molar-refractivity contribution in [2.24, 2.45) is 0 Å². The van der Waals surface area contributed by atoms with Gasteiger partial charge in [-0.1, -0.05) is 6.07 Å². The molecule has 50 valence electrons. The summed E-state index contributed by atoms with van der Waals surface area (Å²) < 4.78 is 2.70. The van der Waals surface area contributed by atoms with Crippen molar-refractivity contribution in [3.8, 4) is 0 Å². The van der Waals surface area contributed by atoms with E-state index in [1.54, 1.807) is 0 Å². The molecule has 1 unspecified atom stereocenters. The standard InChI is InChI=1S/C5H6INOS/c6-7-5(8)4-2-1-3-9-4/h1-3,5,7-8H. The van der Waals surface area contributed by atoms with Gasteiger partial charge in [-0.15, -0.1) is 11.3 Å². The zero-order valence-corrected chi connectivity index (χ0v) is 7.52. The van der Waals surface area contributed by atoms with Crippen molar-refractivity contribution in [2.45, 2.75) is 6.23 Å². The number of aliphatic hydroxyl groups excluding tert-OH is 1. The average molecular weight is 255 g/mol. The summed E-state index contributed by atoms with van der Waals surface area (Å²) in [5.41, 5.74) is 0. The monoisotopic (exact) mass is 255 g/mol. The molecule has 0 aliphatic carbocycles. The van der Waals surface area contributed by atoms with Gasteiger partial charge in [-0.3, -0.25) is 0 Å². The molecule has 0 saturated heterocycles. The number of halogens is 1. The minimum atomic E-state index is -0.509. The number of hydrogen-bond donors (Lipinski definition) is 2. The van der Waals surface area contributed by atoms with Gasteiger partial charge in [0.05, 0.1) is 0 Å². The Balaban J connectivity index is 2.65. The van der Waals surface area contributed by atoms with Gasteiger partial charge >= 0.3 is 0 Å².